The fourth-order valence-electron chi connectivity index (χ4n) is 1.35. The van der Waals surface area contributed by atoms with Crippen LogP contribution in [0.25, 0.3) is 0 Å². The third-order valence-corrected chi connectivity index (χ3v) is 3.38. The number of benzene rings is 1. The molecule has 0 spiro atoms. The molecule has 0 radical (unpaired) electrons. The number of cyclic esters (lactones) is 2. The van der Waals surface area contributed by atoms with Gasteiger partial charge in [-0.1, -0.05) is 30.3 Å². The maximum Gasteiger partial charge on any atom is 0.327 e. The molecular formula is C11H10O3S. The van der Waals surface area contributed by atoms with Crippen LogP contribution < -0.4 is 0 Å². The lowest BCUT2D eigenvalue weighted by Crippen LogP contribution is -2.09. The van der Waals surface area contributed by atoms with Crippen LogP contribution in [0.15, 0.2) is 30.3 Å². The molecule has 1 aromatic rings. The molecule has 4 heteroatoms. The Labute approximate surface area is 91.8 Å². The Hall–Kier alpha value is -1.29. The molecule has 1 aromatic carbocycles. The maximum absolute atomic E-state index is 11.1. The molecule has 0 aliphatic carbocycles. The second-order valence-corrected chi connectivity index (χ2v) is 4.47. The van der Waals surface area contributed by atoms with Gasteiger partial charge in [0, 0.05) is 5.75 Å². The van der Waals surface area contributed by atoms with Crippen LogP contribution in [0, 0.1) is 0 Å². The van der Waals surface area contributed by atoms with Crippen LogP contribution in [0.4, 0.5) is 0 Å². The largest absolute Gasteiger partial charge is 0.392 e. The summed E-state index contributed by atoms with van der Waals surface area (Å²) in [4.78, 5) is 22.0. The van der Waals surface area contributed by atoms with Crippen molar-refractivity contribution in [2.24, 2.45) is 0 Å². The summed E-state index contributed by atoms with van der Waals surface area (Å²) in [5.74, 6) is -0.0834. The Morgan fingerprint density at radius 1 is 1.27 bits per heavy atom. The van der Waals surface area contributed by atoms with E-state index in [0.29, 0.717) is 0 Å². The molecule has 1 unspecified atom stereocenters. The second-order valence-electron chi connectivity index (χ2n) is 3.28. The van der Waals surface area contributed by atoms with Crippen molar-refractivity contribution in [3.05, 3.63) is 35.9 Å². The standard InChI is InChI=1S/C11H10O3S/c12-10-6-9(11(13)14-10)15-7-8-4-2-1-3-5-8/h1-5,9H,6-7H2. The number of esters is 2. The predicted octanol–water partition coefficient (Wildman–Crippen LogP) is 1.76. The zero-order valence-electron chi connectivity index (χ0n) is 8.01. The number of hydrogen-bond donors (Lipinski definition) is 0. The van der Waals surface area contributed by atoms with Crippen LogP contribution in [0.3, 0.4) is 0 Å². The lowest BCUT2D eigenvalue weighted by molar-refractivity contribution is -0.151. The molecule has 78 valence electrons. The molecule has 1 fully saturated rings. The molecule has 0 amide bonds. The van der Waals surface area contributed by atoms with Gasteiger partial charge in [-0.2, -0.15) is 0 Å². The first-order valence-electron chi connectivity index (χ1n) is 4.66. The number of carbonyl (C=O) groups is 2. The van der Waals surface area contributed by atoms with Crippen LogP contribution in [0.1, 0.15) is 12.0 Å². The minimum absolute atomic E-state index is 0.205. The molecule has 1 heterocycles. The van der Waals surface area contributed by atoms with Gasteiger partial charge in [0.05, 0.1) is 6.42 Å². The van der Waals surface area contributed by atoms with Crippen molar-refractivity contribution >= 4 is 23.7 Å². The topological polar surface area (TPSA) is 43.4 Å². The van der Waals surface area contributed by atoms with Gasteiger partial charge in [0.25, 0.3) is 0 Å². The number of thioether (sulfide) groups is 1. The third kappa shape index (κ3) is 2.59. The van der Waals surface area contributed by atoms with Crippen LogP contribution in [-0.2, 0) is 20.1 Å². The van der Waals surface area contributed by atoms with E-state index < -0.39 is 11.9 Å². The van der Waals surface area contributed by atoms with Gasteiger partial charge in [0.15, 0.2) is 0 Å². The highest BCUT2D eigenvalue weighted by atomic mass is 32.2. The first-order valence-corrected chi connectivity index (χ1v) is 5.70. The van der Waals surface area contributed by atoms with Gasteiger partial charge in [0.1, 0.15) is 5.25 Å². The minimum Gasteiger partial charge on any atom is -0.392 e. The van der Waals surface area contributed by atoms with E-state index in [0.717, 1.165) is 11.3 Å². The Balaban J connectivity index is 1.89. The van der Waals surface area contributed by atoms with E-state index in [2.05, 4.69) is 4.74 Å². The maximum atomic E-state index is 11.1. The van der Waals surface area contributed by atoms with Crippen molar-refractivity contribution in [2.75, 3.05) is 0 Å². The monoisotopic (exact) mass is 222 g/mol. The van der Waals surface area contributed by atoms with Crippen molar-refractivity contribution in [1.29, 1.82) is 0 Å². The zero-order valence-corrected chi connectivity index (χ0v) is 8.83. The summed E-state index contributed by atoms with van der Waals surface area (Å²) in [5.41, 5.74) is 1.15. The number of rotatable bonds is 3. The molecule has 2 rings (SSSR count). The normalized spacial score (nSPS) is 20.4. The average Bonchev–Trinajstić information content (AvgIpc) is 2.56. The molecule has 3 nitrogen and oxygen atoms in total. The molecule has 0 N–H and O–H groups in total. The van der Waals surface area contributed by atoms with E-state index in [9.17, 15) is 9.59 Å². The van der Waals surface area contributed by atoms with Gasteiger partial charge in [-0.3, -0.25) is 9.59 Å². The summed E-state index contributed by atoms with van der Waals surface area (Å²) in [7, 11) is 0. The van der Waals surface area contributed by atoms with Crippen molar-refractivity contribution in [3.63, 3.8) is 0 Å². The van der Waals surface area contributed by atoms with Crippen molar-refractivity contribution in [1.82, 2.24) is 0 Å². The molecule has 0 saturated carbocycles. The first kappa shape index (κ1) is 10.2. The van der Waals surface area contributed by atoms with Gasteiger partial charge in [-0.05, 0) is 5.56 Å². The quantitative estimate of drug-likeness (QED) is 0.577. The van der Waals surface area contributed by atoms with E-state index in [4.69, 9.17) is 0 Å². The molecule has 1 atom stereocenters. The Morgan fingerprint density at radius 3 is 2.60 bits per heavy atom. The van der Waals surface area contributed by atoms with E-state index in [1.165, 1.54) is 11.8 Å². The summed E-state index contributed by atoms with van der Waals surface area (Å²) >= 11 is 1.45. The molecule has 15 heavy (non-hydrogen) atoms. The van der Waals surface area contributed by atoms with Gasteiger partial charge in [-0.25, -0.2) is 0 Å². The van der Waals surface area contributed by atoms with Crippen LogP contribution in [0.5, 0.6) is 0 Å². The van der Waals surface area contributed by atoms with E-state index in [-0.39, 0.29) is 11.7 Å². The van der Waals surface area contributed by atoms with Crippen LogP contribution in [-0.4, -0.2) is 17.2 Å². The summed E-state index contributed by atoms with van der Waals surface area (Å²) in [6.45, 7) is 0. The number of carbonyl (C=O) groups excluding carboxylic acids is 2. The van der Waals surface area contributed by atoms with Gasteiger partial charge >= 0.3 is 11.9 Å². The van der Waals surface area contributed by atoms with Crippen molar-refractivity contribution in [2.45, 2.75) is 17.4 Å². The van der Waals surface area contributed by atoms with Crippen molar-refractivity contribution < 1.29 is 14.3 Å². The zero-order chi connectivity index (χ0) is 10.7. The Morgan fingerprint density at radius 2 is 2.00 bits per heavy atom. The number of ether oxygens (including phenoxy) is 1. The molecular weight excluding hydrogens is 212 g/mol. The lowest BCUT2D eigenvalue weighted by Gasteiger charge is -2.03. The summed E-state index contributed by atoms with van der Waals surface area (Å²) < 4.78 is 4.46. The Kier molecular flexibility index (Phi) is 3.06. The molecule has 0 bridgehead atoms. The number of hydrogen-bond acceptors (Lipinski definition) is 4. The third-order valence-electron chi connectivity index (χ3n) is 2.12. The smallest absolute Gasteiger partial charge is 0.327 e. The fourth-order valence-corrected chi connectivity index (χ4v) is 2.38. The average molecular weight is 222 g/mol. The molecule has 1 aliphatic rings. The second kappa shape index (κ2) is 4.49. The van der Waals surface area contributed by atoms with Gasteiger partial charge in [0.2, 0.25) is 0 Å². The van der Waals surface area contributed by atoms with Crippen LogP contribution in [0.2, 0.25) is 0 Å². The molecule has 1 saturated heterocycles. The van der Waals surface area contributed by atoms with E-state index in [1.54, 1.807) is 0 Å². The highest BCUT2D eigenvalue weighted by Crippen LogP contribution is 2.25. The lowest BCUT2D eigenvalue weighted by atomic mass is 10.2. The fraction of sp³-hybridized carbons (Fsp3) is 0.273. The predicted molar refractivity (Wildman–Crippen MR) is 57.2 cm³/mol. The highest BCUT2D eigenvalue weighted by molar-refractivity contribution is 7.99. The minimum atomic E-state index is -0.412. The molecule has 0 aromatic heterocycles. The van der Waals surface area contributed by atoms with Gasteiger partial charge < -0.3 is 4.74 Å². The summed E-state index contributed by atoms with van der Waals surface area (Å²) in [6.07, 6.45) is 0.205. The Bertz CT molecular complexity index is 375. The van der Waals surface area contributed by atoms with E-state index in [1.807, 2.05) is 30.3 Å². The molecule has 1 aliphatic heterocycles. The summed E-state index contributed by atoms with van der Waals surface area (Å²) in [5, 5.41) is -0.322. The SMILES string of the molecule is O=C1CC(SCc2ccccc2)C(=O)O1. The summed E-state index contributed by atoms with van der Waals surface area (Å²) in [6, 6.07) is 9.84. The van der Waals surface area contributed by atoms with E-state index >= 15 is 0 Å². The van der Waals surface area contributed by atoms with Gasteiger partial charge in [-0.15, -0.1) is 11.8 Å². The highest BCUT2D eigenvalue weighted by Gasteiger charge is 2.33. The first-order chi connectivity index (χ1) is 7.25. The van der Waals surface area contributed by atoms with Crippen molar-refractivity contribution in [3.8, 4) is 0 Å². The van der Waals surface area contributed by atoms with Crippen LogP contribution >= 0.6 is 11.8 Å².